The van der Waals surface area contributed by atoms with Crippen LogP contribution in [0.4, 0.5) is 23.7 Å². The average Bonchev–Trinajstić information content (AvgIpc) is 3.15. The first-order chi connectivity index (χ1) is 14.4. The molecule has 0 spiro atoms. The molecular formula is C20H18F3N5O2. The summed E-state index contributed by atoms with van der Waals surface area (Å²) in [4.78, 5) is 21.7. The molecule has 0 saturated heterocycles. The topological polar surface area (TPSA) is 89.3 Å². The zero-order chi connectivity index (χ0) is 21.4. The second-order valence-corrected chi connectivity index (χ2v) is 6.84. The van der Waals surface area contributed by atoms with Crippen LogP contribution < -0.4 is 10.6 Å². The van der Waals surface area contributed by atoms with E-state index in [1.807, 2.05) is 13.0 Å². The molecule has 2 aromatic carbocycles. The van der Waals surface area contributed by atoms with Crippen LogP contribution >= 0.6 is 0 Å². The third kappa shape index (κ3) is 3.50. The minimum Gasteiger partial charge on any atom is -0.392 e. The van der Waals surface area contributed by atoms with E-state index in [9.17, 15) is 23.1 Å². The SMILES string of the molecule is CCc1ccc(CO)cc1NC1=NC(=O)NC2=NCC(c3cc(F)c(F)c(F)c3)N21. The molecule has 2 amide bonds. The van der Waals surface area contributed by atoms with Crippen LogP contribution in [0.25, 0.3) is 0 Å². The van der Waals surface area contributed by atoms with Crippen molar-refractivity contribution >= 4 is 23.6 Å². The predicted octanol–water partition coefficient (Wildman–Crippen LogP) is 3.06. The molecule has 7 nitrogen and oxygen atoms in total. The molecule has 0 fully saturated rings. The summed E-state index contributed by atoms with van der Waals surface area (Å²) in [6.45, 7) is 1.86. The first-order valence-electron chi connectivity index (χ1n) is 9.28. The van der Waals surface area contributed by atoms with Crippen molar-refractivity contribution in [2.75, 3.05) is 11.9 Å². The highest BCUT2D eigenvalue weighted by molar-refractivity contribution is 6.17. The second kappa shape index (κ2) is 7.79. The van der Waals surface area contributed by atoms with E-state index in [-0.39, 0.29) is 30.6 Å². The van der Waals surface area contributed by atoms with Crippen molar-refractivity contribution in [1.82, 2.24) is 10.2 Å². The number of aryl methyl sites for hydroxylation is 1. The van der Waals surface area contributed by atoms with Crippen LogP contribution in [0.3, 0.4) is 0 Å². The van der Waals surface area contributed by atoms with Gasteiger partial charge in [-0.1, -0.05) is 19.1 Å². The molecule has 0 aliphatic carbocycles. The molecule has 4 rings (SSSR count). The third-order valence-electron chi connectivity index (χ3n) is 4.98. The summed E-state index contributed by atoms with van der Waals surface area (Å²) in [6, 6.07) is 5.81. The lowest BCUT2D eigenvalue weighted by molar-refractivity contribution is 0.251. The Bertz CT molecular complexity index is 1060. The van der Waals surface area contributed by atoms with Gasteiger partial charge in [0.25, 0.3) is 0 Å². The minimum absolute atomic E-state index is 0.0815. The predicted molar refractivity (Wildman–Crippen MR) is 105 cm³/mol. The monoisotopic (exact) mass is 417 g/mol. The molecule has 0 saturated carbocycles. The zero-order valence-electron chi connectivity index (χ0n) is 15.9. The summed E-state index contributed by atoms with van der Waals surface area (Å²) in [5, 5.41) is 15.0. The van der Waals surface area contributed by atoms with Gasteiger partial charge < -0.3 is 10.4 Å². The lowest BCUT2D eigenvalue weighted by atomic mass is 10.1. The van der Waals surface area contributed by atoms with Gasteiger partial charge in [0.1, 0.15) is 0 Å². The Morgan fingerprint density at radius 1 is 1.23 bits per heavy atom. The molecule has 2 aromatic rings. The van der Waals surface area contributed by atoms with E-state index < -0.39 is 29.5 Å². The van der Waals surface area contributed by atoms with Gasteiger partial charge in [-0.2, -0.15) is 4.99 Å². The Morgan fingerprint density at radius 3 is 2.63 bits per heavy atom. The number of benzene rings is 2. The van der Waals surface area contributed by atoms with Crippen LogP contribution in [0.1, 0.15) is 29.7 Å². The summed E-state index contributed by atoms with van der Waals surface area (Å²) in [5.74, 6) is -3.89. The molecular weight excluding hydrogens is 399 g/mol. The summed E-state index contributed by atoms with van der Waals surface area (Å²) in [7, 11) is 0. The Balaban J connectivity index is 1.73. The van der Waals surface area contributed by atoms with E-state index in [0.717, 1.165) is 17.7 Å². The molecule has 10 heteroatoms. The molecule has 30 heavy (non-hydrogen) atoms. The van der Waals surface area contributed by atoms with Gasteiger partial charge in [-0.15, -0.1) is 0 Å². The summed E-state index contributed by atoms with van der Waals surface area (Å²) < 4.78 is 41.0. The quantitative estimate of drug-likeness (QED) is 0.667. The number of carbonyl (C=O) groups is 1. The molecule has 156 valence electrons. The zero-order valence-corrected chi connectivity index (χ0v) is 15.9. The van der Waals surface area contributed by atoms with Crippen molar-refractivity contribution in [2.45, 2.75) is 26.0 Å². The van der Waals surface area contributed by atoms with E-state index in [1.54, 1.807) is 12.1 Å². The molecule has 1 atom stereocenters. The number of rotatable bonds is 4. The highest BCUT2D eigenvalue weighted by Crippen LogP contribution is 2.31. The van der Waals surface area contributed by atoms with E-state index in [1.165, 1.54) is 4.90 Å². The molecule has 0 bridgehead atoms. The number of amides is 2. The number of nitrogens with zero attached hydrogens (tertiary/aromatic N) is 3. The van der Waals surface area contributed by atoms with Crippen molar-refractivity contribution < 1.29 is 23.1 Å². The highest BCUT2D eigenvalue weighted by atomic mass is 19.2. The Kier molecular flexibility index (Phi) is 5.17. The van der Waals surface area contributed by atoms with Crippen LogP contribution in [0.5, 0.6) is 0 Å². The molecule has 2 aliphatic rings. The number of guanidine groups is 2. The summed E-state index contributed by atoms with van der Waals surface area (Å²) in [6.07, 6.45) is 0.673. The fourth-order valence-corrected chi connectivity index (χ4v) is 3.48. The van der Waals surface area contributed by atoms with Crippen LogP contribution in [0, 0.1) is 17.5 Å². The third-order valence-corrected chi connectivity index (χ3v) is 4.98. The van der Waals surface area contributed by atoms with Gasteiger partial charge in [0.2, 0.25) is 11.9 Å². The normalized spacial score (nSPS) is 18.0. The standard InChI is InChI=1S/C20H18F3N5O2/c1-2-11-4-3-10(9-29)5-15(11)25-19-27-20(30)26-18-24-8-16(28(18)19)12-6-13(21)17(23)14(22)7-12/h3-7,16,29H,2,8-9H2,1H3,(H2,24,25,26,27,30). The van der Waals surface area contributed by atoms with Crippen molar-refractivity contribution in [3.8, 4) is 0 Å². The van der Waals surface area contributed by atoms with E-state index in [0.29, 0.717) is 17.7 Å². The van der Waals surface area contributed by atoms with Gasteiger partial charge in [0.15, 0.2) is 17.5 Å². The van der Waals surface area contributed by atoms with Gasteiger partial charge in [-0.3, -0.25) is 10.2 Å². The maximum Gasteiger partial charge on any atom is 0.350 e. The number of hydrogen-bond donors (Lipinski definition) is 3. The van der Waals surface area contributed by atoms with Crippen LogP contribution in [-0.4, -0.2) is 34.5 Å². The molecule has 3 N–H and O–H groups in total. The number of aliphatic hydroxyl groups is 1. The molecule has 0 radical (unpaired) electrons. The molecule has 1 unspecified atom stereocenters. The van der Waals surface area contributed by atoms with Gasteiger partial charge in [-0.25, -0.2) is 23.0 Å². The van der Waals surface area contributed by atoms with Crippen LogP contribution in [0.15, 0.2) is 40.3 Å². The van der Waals surface area contributed by atoms with Gasteiger partial charge in [0, 0.05) is 5.69 Å². The van der Waals surface area contributed by atoms with E-state index in [2.05, 4.69) is 20.6 Å². The minimum atomic E-state index is -1.55. The number of aliphatic hydroxyl groups excluding tert-OH is 1. The first-order valence-corrected chi connectivity index (χ1v) is 9.28. The van der Waals surface area contributed by atoms with Crippen molar-refractivity contribution in [3.63, 3.8) is 0 Å². The van der Waals surface area contributed by atoms with Crippen molar-refractivity contribution in [1.29, 1.82) is 0 Å². The van der Waals surface area contributed by atoms with Crippen LogP contribution in [0.2, 0.25) is 0 Å². The number of fused-ring (bicyclic) bond motifs is 1. The molecule has 0 aromatic heterocycles. The fourth-order valence-electron chi connectivity index (χ4n) is 3.48. The molecule has 2 aliphatic heterocycles. The fraction of sp³-hybridized carbons (Fsp3) is 0.250. The summed E-state index contributed by atoms with van der Waals surface area (Å²) >= 11 is 0. The average molecular weight is 417 g/mol. The maximum atomic E-state index is 13.8. The van der Waals surface area contributed by atoms with Gasteiger partial charge in [0.05, 0.1) is 19.2 Å². The number of anilines is 1. The number of urea groups is 1. The van der Waals surface area contributed by atoms with Crippen LogP contribution in [-0.2, 0) is 13.0 Å². The smallest absolute Gasteiger partial charge is 0.350 e. The lowest BCUT2D eigenvalue weighted by Crippen LogP contribution is -2.52. The van der Waals surface area contributed by atoms with Gasteiger partial charge >= 0.3 is 6.03 Å². The maximum absolute atomic E-state index is 13.8. The number of hydrogen-bond acceptors (Lipinski definition) is 5. The Morgan fingerprint density at radius 2 is 1.97 bits per heavy atom. The lowest BCUT2D eigenvalue weighted by Gasteiger charge is -2.32. The van der Waals surface area contributed by atoms with E-state index in [4.69, 9.17) is 0 Å². The van der Waals surface area contributed by atoms with Gasteiger partial charge in [-0.05, 0) is 41.3 Å². The first kappa shape index (κ1) is 19.9. The number of nitrogens with one attached hydrogen (secondary N) is 2. The highest BCUT2D eigenvalue weighted by Gasteiger charge is 2.38. The van der Waals surface area contributed by atoms with E-state index >= 15 is 0 Å². The van der Waals surface area contributed by atoms with Crippen molar-refractivity contribution in [2.24, 2.45) is 9.98 Å². The Labute approximate surface area is 169 Å². The molecule has 2 heterocycles. The Hall–Kier alpha value is -3.40. The number of carbonyl (C=O) groups excluding carboxylic acids is 1. The number of halogens is 3. The van der Waals surface area contributed by atoms with Crippen molar-refractivity contribution in [3.05, 3.63) is 64.5 Å². The largest absolute Gasteiger partial charge is 0.392 e. The summed E-state index contributed by atoms with van der Waals surface area (Å²) in [5.41, 5.74) is 2.34. The number of aliphatic imine (C=N–C) groups is 2. The second-order valence-electron chi connectivity index (χ2n) is 6.84.